The Hall–Kier alpha value is -3.34. The van der Waals surface area contributed by atoms with Crippen LogP contribution in [0.1, 0.15) is 37.8 Å². The zero-order valence-corrected chi connectivity index (χ0v) is 18.9. The van der Waals surface area contributed by atoms with Gasteiger partial charge in [0.1, 0.15) is 6.33 Å². The fourth-order valence-corrected chi connectivity index (χ4v) is 3.69. The molecular formula is C22H22F3N5O2S. The number of hydrogen-bond donors (Lipinski definition) is 2. The molecule has 0 fully saturated rings. The van der Waals surface area contributed by atoms with Gasteiger partial charge in [-0.15, -0.1) is 10.2 Å². The normalized spacial score (nSPS) is 11.5. The highest BCUT2D eigenvalue weighted by Gasteiger charge is 2.31. The van der Waals surface area contributed by atoms with Crippen molar-refractivity contribution in [1.29, 1.82) is 0 Å². The van der Waals surface area contributed by atoms with Gasteiger partial charge in [-0.25, -0.2) is 0 Å². The van der Waals surface area contributed by atoms with E-state index in [0.717, 1.165) is 35.6 Å². The second-order valence-corrected chi connectivity index (χ2v) is 8.45. The Kier molecular flexibility index (Phi) is 7.42. The molecule has 1 heterocycles. The van der Waals surface area contributed by atoms with Gasteiger partial charge in [0, 0.05) is 12.6 Å². The zero-order chi connectivity index (χ0) is 24.2. The Morgan fingerprint density at radius 3 is 2.36 bits per heavy atom. The Bertz CT molecular complexity index is 1140. The van der Waals surface area contributed by atoms with Crippen LogP contribution in [0.2, 0.25) is 0 Å². The van der Waals surface area contributed by atoms with Crippen LogP contribution in [0, 0.1) is 0 Å². The number of anilines is 2. The maximum Gasteiger partial charge on any atom is 0.416 e. The first-order valence-electron chi connectivity index (χ1n) is 9.96. The second-order valence-electron chi connectivity index (χ2n) is 7.51. The van der Waals surface area contributed by atoms with Gasteiger partial charge in [-0.05, 0) is 41.8 Å². The SMILES string of the molecule is CC(=O)Nc1ccc(C(F)(F)F)cc1NC(=O)CSc1nncn1-c1ccc(C(C)C)cc1. The Labute approximate surface area is 192 Å². The quantitative estimate of drug-likeness (QED) is 0.462. The number of nitrogens with one attached hydrogen (secondary N) is 2. The molecule has 0 unspecified atom stereocenters. The van der Waals surface area contributed by atoms with Crippen LogP contribution in [-0.2, 0) is 15.8 Å². The summed E-state index contributed by atoms with van der Waals surface area (Å²) in [5.74, 6) is -0.777. The average molecular weight is 478 g/mol. The average Bonchev–Trinajstić information content (AvgIpc) is 3.21. The summed E-state index contributed by atoms with van der Waals surface area (Å²) < 4.78 is 41.0. The van der Waals surface area contributed by atoms with Crippen molar-refractivity contribution in [2.24, 2.45) is 0 Å². The van der Waals surface area contributed by atoms with Crippen LogP contribution in [0.4, 0.5) is 24.5 Å². The maximum absolute atomic E-state index is 13.1. The minimum Gasteiger partial charge on any atom is -0.325 e. The molecule has 11 heteroatoms. The van der Waals surface area contributed by atoms with Crippen molar-refractivity contribution in [3.63, 3.8) is 0 Å². The van der Waals surface area contributed by atoms with Crippen molar-refractivity contribution in [2.45, 2.75) is 38.0 Å². The summed E-state index contributed by atoms with van der Waals surface area (Å²) in [7, 11) is 0. The number of alkyl halides is 3. The summed E-state index contributed by atoms with van der Waals surface area (Å²) in [5.41, 5.74) is 0.984. The summed E-state index contributed by atoms with van der Waals surface area (Å²) in [6.45, 7) is 5.41. The first kappa shape index (κ1) is 24.3. The van der Waals surface area contributed by atoms with Gasteiger partial charge in [-0.1, -0.05) is 37.7 Å². The lowest BCUT2D eigenvalue weighted by atomic mass is 10.0. The number of benzene rings is 2. The van der Waals surface area contributed by atoms with E-state index in [0.29, 0.717) is 11.1 Å². The molecule has 2 amide bonds. The third kappa shape index (κ3) is 6.35. The van der Waals surface area contributed by atoms with E-state index in [-0.39, 0.29) is 17.1 Å². The number of rotatable bonds is 7. The Morgan fingerprint density at radius 1 is 1.06 bits per heavy atom. The third-order valence-electron chi connectivity index (χ3n) is 4.62. The highest BCUT2D eigenvalue weighted by atomic mass is 32.2. The molecule has 0 aliphatic carbocycles. The predicted molar refractivity (Wildman–Crippen MR) is 121 cm³/mol. The molecule has 0 aliphatic heterocycles. The minimum atomic E-state index is -4.59. The molecule has 0 aliphatic rings. The first-order chi connectivity index (χ1) is 15.5. The number of carbonyl (C=O) groups is 2. The number of amides is 2. The van der Waals surface area contributed by atoms with Gasteiger partial charge >= 0.3 is 6.18 Å². The van der Waals surface area contributed by atoms with E-state index in [1.807, 2.05) is 24.3 Å². The van der Waals surface area contributed by atoms with Crippen LogP contribution in [0.5, 0.6) is 0 Å². The van der Waals surface area contributed by atoms with Crippen LogP contribution < -0.4 is 10.6 Å². The lowest BCUT2D eigenvalue weighted by Crippen LogP contribution is -2.18. The summed E-state index contributed by atoms with van der Waals surface area (Å²) in [6.07, 6.45) is -3.07. The maximum atomic E-state index is 13.1. The number of thioether (sulfide) groups is 1. The van der Waals surface area contributed by atoms with Crippen molar-refractivity contribution in [2.75, 3.05) is 16.4 Å². The molecule has 1 aromatic heterocycles. The van der Waals surface area contributed by atoms with Crippen LogP contribution in [-0.4, -0.2) is 32.3 Å². The Balaban J connectivity index is 1.73. The van der Waals surface area contributed by atoms with Gasteiger partial charge in [0.05, 0.1) is 22.7 Å². The van der Waals surface area contributed by atoms with Crippen molar-refractivity contribution < 1.29 is 22.8 Å². The number of aromatic nitrogens is 3. The van der Waals surface area contributed by atoms with Crippen LogP contribution in [0.25, 0.3) is 5.69 Å². The molecule has 2 aromatic carbocycles. The van der Waals surface area contributed by atoms with E-state index >= 15 is 0 Å². The highest BCUT2D eigenvalue weighted by Crippen LogP contribution is 2.34. The summed E-state index contributed by atoms with van der Waals surface area (Å²) in [5, 5.41) is 13.2. The van der Waals surface area contributed by atoms with Crippen molar-refractivity contribution in [3.8, 4) is 5.69 Å². The molecule has 7 nitrogen and oxygen atoms in total. The second kappa shape index (κ2) is 10.1. The number of hydrogen-bond acceptors (Lipinski definition) is 5. The zero-order valence-electron chi connectivity index (χ0n) is 18.1. The lowest BCUT2D eigenvalue weighted by molar-refractivity contribution is -0.137. The molecule has 0 saturated heterocycles. The molecule has 3 aromatic rings. The third-order valence-corrected chi connectivity index (χ3v) is 5.56. The van der Waals surface area contributed by atoms with Gasteiger partial charge in [0.2, 0.25) is 11.8 Å². The van der Waals surface area contributed by atoms with E-state index in [4.69, 9.17) is 0 Å². The molecule has 3 rings (SSSR count). The molecule has 0 saturated carbocycles. The summed E-state index contributed by atoms with van der Waals surface area (Å²) >= 11 is 1.08. The molecule has 0 radical (unpaired) electrons. The predicted octanol–water partition coefficient (Wildman–Crippen LogP) is 5.10. The molecule has 0 spiro atoms. The molecular weight excluding hydrogens is 455 g/mol. The minimum absolute atomic E-state index is 0.0715. The van der Waals surface area contributed by atoms with E-state index in [1.54, 1.807) is 4.57 Å². The van der Waals surface area contributed by atoms with Crippen LogP contribution in [0.15, 0.2) is 53.9 Å². The van der Waals surface area contributed by atoms with E-state index < -0.39 is 23.6 Å². The van der Waals surface area contributed by atoms with Gasteiger partial charge < -0.3 is 10.6 Å². The topological polar surface area (TPSA) is 88.9 Å². The van der Waals surface area contributed by atoms with Gasteiger partial charge in [-0.2, -0.15) is 13.2 Å². The van der Waals surface area contributed by atoms with Crippen molar-refractivity contribution in [3.05, 3.63) is 59.9 Å². The smallest absolute Gasteiger partial charge is 0.325 e. The molecule has 33 heavy (non-hydrogen) atoms. The summed E-state index contributed by atoms with van der Waals surface area (Å²) in [4.78, 5) is 23.9. The van der Waals surface area contributed by atoms with Crippen molar-refractivity contribution >= 4 is 35.0 Å². The van der Waals surface area contributed by atoms with Crippen LogP contribution >= 0.6 is 11.8 Å². The van der Waals surface area contributed by atoms with Crippen LogP contribution in [0.3, 0.4) is 0 Å². The molecule has 0 atom stereocenters. The van der Waals surface area contributed by atoms with E-state index in [9.17, 15) is 22.8 Å². The largest absolute Gasteiger partial charge is 0.416 e. The molecule has 0 bridgehead atoms. The monoisotopic (exact) mass is 477 g/mol. The molecule has 174 valence electrons. The number of nitrogens with zero attached hydrogens (tertiary/aromatic N) is 3. The first-order valence-corrected chi connectivity index (χ1v) is 10.9. The van der Waals surface area contributed by atoms with Gasteiger partial charge in [0.15, 0.2) is 5.16 Å². The Morgan fingerprint density at radius 2 is 1.76 bits per heavy atom. The standard InChI is InChI=1S/C22H22F3N5O2S/c1-13(2)15-4-7-17(8-5-15)30-12-26-29-21(30)33-11-20(32)28-19-10-16(22(23,24)25)6-9-18(19)27-14(3)31/h4-10,12-13H,11H2,1-3H3,(H,27,31)(H,28,32). The number of halogens is 3. The van der Waals surface area contributed by atoms with E-state index in [2.05, 4.69) is 34.7 Å². The van der Waals surface area contributed by atoms with Gasteiger partial charge in [0.25, 0.3) is 0 Å². The summed E-state index contributed by atoms with van der Waals surface area (Å²) in [6, 6.07) is 10.6. The highest BCUT2D eigenvalue weighted by molar-refractivity contribution is 7.99. The van der Waals surface area contributed by atoms with Crippen molar-refractivity contribution in [1.82, 2.24) is 14.8 Å². The fourth-order valence-electron chi connectivity index (χ4n) is 2.96. The number of carbonyl (C=O) groups excluding carboxylic acids is 2. The van der Waals surface area contributed by atoms with E-state index in [1.165, 1.54) is 18.8 Å². The van der Waals surface area contributed by atoms with Gasteiger partial charge in [-0.3, -0.25) is 14.2 Å². The molecule has 2 N–H and O–H groups in total. The lowest BCUT2D eigenvalue weighted by Gasteiger charge is -2.15. The fraction of sp³-hybridized carbons (Fsp3) is 0.273.